The van der Waals surface area contributed by atoms with Crippen LogP contribution >= 0.6 is 0 Å². The van der Waals surface area contributed by atoms with Crippen molar-refractivity contribution in [2.45, 2.75) is 32.2 Å². The van der Waals surface area contributed by atoms with E-state index >= 15 is 0 Å². The molecule has 2 aromatic rings. The van der Waals surface area contributed by atoms with E-state index in [4.69, 9.17) is 4.74 Å². The lowest BCUT2D eigenvalue weighted by atomic mass is 10.2. The summed E-state index contributed by atoms with van der Waals surface area (Å²) in [5.74, 6) is 0.327. The molecular formula is C20H27FN2O3S. The van der Waals surface area contributed by atoms with Crippen LogP contribution in [0, 0.1) is 12.7 Å². The zero-order chi connectivity index (χ0) is 19.9. The van der Waals surface area contributed by atoms with Crippen LogP contribution in [0.25, 0.3) is 0 Å². The molecular weight excluding hydrogens is 367 g/mol. The molecule has 148 valence electrons. The van der Waals surface area contributed by atoms with Gasteiger partial charge in [-0.2, -0.15) is 0 Å². The Kier molecular flexibility index (Phi) is 7.77. The van der Waals surface area contributed by atoms with Crippen molar-refractivity contribution in [2.75, 3.05) is 26.2 Å². The summed E-state index contributed by atoms with van der Waals surface area (Å²) in [6.07, 6.45) is 0. The minimum absolute atomic E-state index is 0.0535. The van der Waals surface area contributed by atoms with E-state index < -0.39 is 15.8 Å². The number of likely N-dealkylation sites (N-methyl/N-ethyl adjacent to an activating group) is 1. The largest absolute Gasteiger partial charge is 0.492 e. The lowest BCUT2D eigenvalue weighted by Gasteiger charge is -2.18. The molecule has 0 aliphatic heterocycles. The second-order valence-corrected chi connectivity index (χ2v) is 8.02. The van der Waals surface area contributed by atoms with Gasteiger partial charge in [0.25, 0.3) is 0 Å². The minimum Gasteiger partial charge on any atom is -0.492 e. The first-order valence-electron chi connectivity index (χ1n) is 9.05. The van der Waals surface area contributed by atoms with Crippen LogP contribution in [0.4, 0.5) is 4.39 Å². The molecule has 0 aliphatic rings. The summed E-state index contributed by atoms with van der Waals surface area (Å²) in [6, 6.07) is 11.0. The van der Waals surface area contributed by atoms with E-state index in [9.17, 15) is 12.8 Å². The number of sulfonamides is 1. The molecule has 5 nitrogen and oxygen atoms in total. The van der Waals surface area contributed by atoms with E-state index in [0.717, 1.165) is 37.0 Å². The normalized spacial score (nSPS) is 11.7. The number of hydrogen-bond acceptors (Lipinski definition) is 4. The average Bonchev–Trinajstić information content (AvgIpc) is 2.66. The van der Waals surface area contributed by atoms with E-state index in [1.165, 1.54) is 19.1 Å². The highest BCUT2D eigenvalue weighted by Gasteiger charge is 2.15. The van der Waals surface area contributed by atoms with Crippen LogP contribution in [0.5, 0.6) is 5.75 Å². The molecule has 0 unspecified atom stereocenters. The van der Waals surface area contributed by atoms with Gasteiger partial charge in [0.05, 0.1) is 4.90 Å². The Morgan fingerprint density at radius 3 is 2.33 bits per heavy atom. The number of halogens is 1. The highest BCUT2D eigenvalue weighted by Crippen LogP contribution is 2.16. The SMILES string of the molecule is CCN(CC)CCOc1ccc(CNS(=O)(=O)c2ccc(F)c(C)c2)cc1. The standard InChI is InChI=1S/C20H27FN2O3S/c1-4-23(5-2)12-13-26-18-8-6-17(7-9-18)15-22-27(24,25)19-10-11-20(21)16(3)14-19/h6-11,14,22H,4-5,12-13,15H2,1-3H3. The summed E-state index contributed by atoms with van der Waals surface area (Å²) in [5.41, 5.74) is 1.11. The minimum atomic E-state index is -3.69. The number of aryl methyl sites for hydroxylation is 1. The summed E-state index contributed by atoms with van der Waals surface area (Å²) in [7, 11) is -3.69. The third-order valence-corrected chi connectivity index (χ3v) is 5.80. The van der Waals surface area contributed by atoms with Gasteiger partial charge >= 0.3 is 0 Å². The predicted molar refractivity (Wildman–Crippen MR) is 105 cm³/mol. The second-order valence-electron chi connectivity index (χ2n) is 6.25. The van der Waals surface area contributed by atoms with Gasteiger partial charge in [-0.3, -0.25) is 0 Å². The lowest BCUT2D eigenvalue weighted by molar-refractivity contribution is 0.223. The van der Waals surface area contributed by atoms with E-state index in [-0.39, 0.29) is 11.4 Å². The number of nitrogens with zero attached hydrogens (tertiary/aromatic N) is 1. The van der Waals surface area contributed by atoms with E-state index in [2.05, 4.69) is 23.5 Å². The Bertz CT molecular complexity index is 835. The van der Waals surface area contributed by atoms with Crippen LogP contribution < -0.4 is 9.46 Å². The zero-order valence-corrected chi connectivity index (χ0v) is 16.9. The number of benzene rings is 2. The summed E-state index contributed by atoms with van der Waals surface area (Å²) >= 11 is 0. The molecule has 0 radical (unpaired) electrons. The zero-order valence-electron chi connectivity index (χ0n) is 16.0. The molecule has 0 atom stereocenters. The van der Waals surface area contributed by atoms with Crippen molar-refractivity contribution >= 4 is 10.0 Å². The molecule has 27 heavy (non-hydrogen) atoms. The topological polar surface area (TPSA) is 58.6 Å². The molecule has 0 heterocycles. The van der Waals surface area contributed by atoms with Gasteiger partial charge in [0.1, 0.15) is 18.2 Å². The molecule has 2 aromatic carbocycles. The van der Waals surface area contributed by atoms with E-state index in [1.807, 2.05) is 24.3 Å². The molecule has 0 saturated heterocycles. The van der Waals surface area contributed by atoms with Crippen LogP contribution in [0.1, 0.15) is 25.0 Å². The van der Waals surface area contributed by atoms with Crippen molar-refractivity contribution in [3.63, 3.8) is 0 Å². The highest BCUT2D eigenvalue weighted by molar-refractivity contribution is 7.89. The Labute approximate surface area is 161 Å². The maximum atomic E-state index is 13.3. The molecule has 0 saturated carbocycles. The fraction of sp³-hybridized carbons (Fsp3) is 0.400. The highest BCUT2D eigenvalue weighted by atomic mass is 32.2. The summed E-state index contributed by atoms with van der Waals surface area (Å²) < 4.78 is 46.2. The molecule has 1 N–H and O–H groups in total. The summed E-state index contributed by atoms with van der Waals surface area (Å²) in [4.78, 5) is 2.33. The molecule has 0 bridgehead atoms. The van der Waals surface area contributed by atoms with Gasteiger partial charge in [0.15, 0.2) is 0 Å². The van der Waals surface area contributed by atoms with Gasteiger partial charge in [-0.1, -0.05) is 26.0 Å². The quantitative estimate of drug-likeness (QED) is 0.672. The lowest BCUT2D eigenvalue weighted by Crippen LogP contribution is -2.27. The maximum Gasteiger partial charge on any atom is 0.240 e. The van der Waals surface area contributed by atoms with Crippen LogP contribution in [-0.2, 0) is 16.6 Å². The van der Waals surface area contributed by atoms with Gasteiger partial charge in [-0.25, -0.2) is 17.5 Å². The van der Waals surface area contributed by atoms with Gasteiger partial charge in [0.2, 0.25) is 10.0 Å². The monoisotopic (exact) mass is 394 g/mol. The van der Waals surface area contributed by atoms with Crippen molar-refractivity contribution in [1.29, 1.82) is 0 Å². The Morgan fingerprint density at radius 2 is 1.74 bits per heavy atom. The third kappa shape index (κ3) is 6.30. The second kappa shape index (κ2) is 9.82. The molecule has 0 aliphatic carbocycles. The van der Waals surface area contributed by atoms with Gasteiger partial charge in [-0.05, 0) is 61.5 Å². The number of ether oxygens (including phenoxy) is 1. The number of rotatable bonds is 10. The first-order valence-corrected chi connectivity index (χ1v) is 10.5. The van der Waals surface area contributed by atoms with Crippen molar-refractivity contribution in [1.82, 2.24) is 9.62 Å². The fourth-order valence-electron chi connectivity index (χ4n) is 2.58. The first kappa shape index (κ1) is 21.3. The van der Waals surface area contributed by atoms with Crippen molar-refractivity contribution in [3.05, 3.63) is 59.4 Å². The summed E-state index contributed by atoms with van der Waals surface area (Å²) in [5, 5.41) is 0. The van der Waals surface area contributed by atoms with Crippen LogP contribution in [0.3, 0.4) is 0 Å². The summed E-state index contributed by atoms with van der Waals surface area (Å²) in [6.45, 7) is 9.38. The van der Waals surface area contributed by atoms with Gasteiger partial charge in [0, 0.05) is 13.1 Å². The number of hydrogen-bond donors (Lipinski definition) is 1. The molecule has 0 amide bonds. The average molecular weight is 395 g/mol. The molecule has 0 spiro atoms. The first-order chi connectivity index (χ1) is 12.9. The molecule has 0 fully saturated rings. The smallest absolute Gasteiger partial charge is 0.240 e. The van der Waals surface area contributed by atoms with Crippen molar-refractivity contribution in [3.8, 4) is 5.75 Å². The molecule has 0 aromatic heterocycles. The van der Waals surface area contributed by atoms with Crippen LogP contribution in [0.2, 0.25) is 0 Å². The Balaban J connectivity index is 1.89. The van der Waals surface area contributed by atoms with Crippen molar-refractivity contribution < 1.29 is 17.5 Å². The van der Waals surface area contributed by atoms with E-state index in [1.54, 1.807) is 0 Å². The predicted octanol–water partition coefficient (Wildman–Crippen LogP) is 3.33. The maximum absolute atomic E-state index is 13.3. The van der Waals surface area contributed by atoms with Crippen LogP contribution in [-0.4, -0.2) is 39.6 Å². The van der Waals surface area contributed by atoms with Gasteiger partial charge < -0.3 is 9.64 Å². The molecule has 7 heteroatoms. The third-order valence-electron chi connectivity index (χ3n) is 4.40. The van der Waals surface area contributed by atoms with Crippen LogP contribution in [0.15, 0.2) is 47.4 Å². The number of nitrogens with one attached hydrogen (secondary N) is 1. The fourth-order valence-corrected chi connectivity index (χ4v) is 3.68. The van der Waals surface area contributed by atoms with Gasteiger partial charge in [-0.15, -0.1) is 0 Å². The van der Waals surface area contributed by atoms with E-state index in [0.29, 0.717) is 12.2 Å². The molecule has 2 rings (SSSR count). The Morgan fingerprint density at radius 1 is 1.07 bits per heavy atom. The van der Waals surface area contributed by atoms with Crippen molar-refractivity contribution in [2.24, 2.45) is 0 Å². The Hall–Kier alpha value is -1.96.